The summed E-state index contributed by atoms with van der Waals surface area (Å²) in [6, 6.07) is 4.54. The lowest BCUT2D eigenvalue weighted by Crippen LogP contribution is -2.23. The SMILES string of the molecule is O=S(=O)(c1ccc(NCCCCCCl)cc1)C(F)(F)F. The van der Waals surface area contributed by atoms with E-state index in [2.05, 4.69) is 5.32 Å². The number of hydrogen-bond donors (Lipinski definition) is 1. The topological polar surface area (TPSA) is 46.2 Å². The number of hydrogen-bond acceptors (Lipinski definition) is 3. The summed E-state index contributed by atoms with van der Waals surface area (Å²) in [4.78, 5) is -0.752. The number of sulfone groups is 1. The molecule has 0 aliphatic rings. The van der Waals surface area contributed by atoms with Gasteiger partial charge in [-0.1, -0.05) is 6.42 Å². The van der Waals surface area contributed by atoms with Crippen LogP contribution >= 0.6 is 11.6 Å². The molecule has 0 atom stereocenters. The molecular formula is C12H15ClF3NO2S. The minimum absolute atomic E-state index is 0.581. The zero-order chi connectivity index (χ0) is 15.2. The van der Waals surface area contributed by atoms with E-state index in [1.54, 1.807) is 0 Å². The maximum Gasteiger partial charge on any atom is 0.501 e. The molecule has 1 aromatic carbocycles. The minimum atomic E-state index is -5.27. The molecule has 20 heavy (non-hydrogen) atoms. The van der Waals surface area contributed by atoms with Gasteiger partial charge in [0.2, 0.25) is 0 Å². The second kappa shape index (κ2) is 7.17. The van der Waals surface area contributed by atoms with Crippen LogP contribution in [0.4, 0.5) is 18.9 Å². The predicted molar refractivity (Wildman–Crippen MR) is 72.7 cm³/mol. The van der Waals surface area contributed by atoms with E-state index in [1.807, 2.05) is 0 Å². The van der Waals surface area contributed by atoms with Crippen LogP contribution in [0.1, 0.15) is 19.3 Å². The highest BCUT2D eigenvalue weighted by atomic mass is 35.5. The Morgan fingerprint density at radius 1 is 1.05 bits per heavy atom. The Kier molecular flexibility index (Phi) is 6.13. The first-order chi connectivity index (χ1) is 9.29. The lowest BCUT2D eigenvalue weighted by Gasteiger charge is -2.10. The lowest BCUT2D eigenvalue weighted by atomic mass is 10.2. The van der Waals surface area contributed by atoms with Crippen LogP contribution in [0.25, 0.3) is 0 Å². The first kappa shape index (κ1) is 17.1. The van der Waals surface area contributed by atoms with E-state index in [1.165, 1.54) is 12.1 Å². The third-order valence-electron chi connectivity index (χ3n) is 2.61. The maximum atomic E-state index is 12.3. The van der Waals surface area contributed by atoms with Gasteiger partial charge in [-0.2, -0.15) is 13.2 Å². The molecule has 1 N–H and O–H groups in total. The average Bonchev–Trinajstić information content (AvgIpc) is 2.38. The number of benzene rings is 1. The van der Waals surface area contributed by atoms with Crippen molar-refractivity contribution >= 4 is 27.1 Å². The molecule has 0 saturated heterocycles. The summed E-state index contributed by atoms with van der Waals surface area (Å²) in [6.07, 6.45) is 2.75. The fourth-order valence-electron chi connectivity index (χ4n) is 1.51. The average molecular weight is 330 g/mol. The van der Waals surface area contributed by atoms with Crippen LogP contribution in [-0.2, 0) is 9.84 Å². The highest BCUT2D eigenvalue weighted by Crippen LogP contribution is 2.30. The van der Waals surface area contributed by atoms with Gasteiger partial charge in [0.25, 0.3) is 9.84 Å². The van der Waals surface area contributed by atoms with Crippen molar-refractivity contribution in [3.8, 4) is 0 Å². The van der Waals surface area contributed by atoms with Crippen molar-refractivity contribution < 1.29 is 21.6 Å². The number of nitrogens with one attached hydrogen (secondary N) is 1. The Bertz CT molecular complexity index is 514. The van der Waals surface area contributed by atoms with E-state index in [9.17, 15) is 21.6 Å². The molecule has 0 unspecified atom stereocenters. The molecule has 1 rings (SSSR count). The highest BCUT2D eigenvalue weighted by Gasteiger charge is 2.46. The number of unbranched alkanes of at least 4 members (excludes halogenated alkanes) is 2. The molecule has 1 aromatic rings. The lowest BCUT2D eigenvalue weighted by molar-refractivity contribution is -0.0436. The number of halogens is 4. The van der Waals surface area contributed by atoms with Gasteiger partial charge < -0.3 is 5.32 Å². The maximum absolute atomic E-state index is 12.3. The molecule has 0 saturated carbocycles. The van der Waals surface area contributed by atoms with Gasteiger partial charge in [0.05, 0.1) is 4.90 Å². The van der Waals surface area contributed by atoms with E-state index in [4.69, 9.17) is 11.6 Å². The highest BCUT2D eigenvalue weighted by molar-refractivity contribution is 7.92. The van der Waals surface area contributed by atoms with Gasteiger partial charge in [0, 0.05) is 18.1 Å². The molecule has 0 heterocycles. The Balaban J connectivity index is 2.61. The van der Waals surface area contributed by atoms with Gasteiger partial charge in [0.15, 0.2) is 0 Å². The van der Waals surface area contributed by atoms with Crippen molar-refractivity contribution in [1.82, 2.24) is 0 Å². The van der Waals surface area contributed by atoms with Gasteiger partial charge in [-0.15, -0.1) is 11.6 Å². The van der Waals surface area contributed by atoms with Crippen LogP contribution in [0.5, 0.6) is 0 Å². The first-order valence-electron chi connectivity index (χ1n) is 6.00. The first-order valence-corrected chi connectivity index (χ1v) is 8.02. The van der Waals surface area contributed by atoms with Crippen LogP contribution in [0.2, 0.25) is 0 Å². The second-order valence-corrected chi connectivity index (χ2v) is 6.47. The van der Waals surface area contributed by atoms with Crippen molar-refractivity contribution in [3.63, 3.8) is 0 Å². The molecule has 0 radical (unpaired) electrons. The Morgan fingerprint density at radius 3 is 2.15 bits per heavy atom. The monoisotopic (exact) mass is 329 g/mol. The number of rotatable bonds is 7. The molecule has 114 valence electrons. The second-order valence-electron chi connectivity index (χ2n) is 4.15. The van der Waals surface area contributed by atoms with Gasteiger partial charge in [-0.3, -0.25) is 0 Å². The van der Waals surface area contributed by atoms with E-state index in [0.29, 0.717) is 18.1 Å². The molecular weight excluding hydrogens is 315 g/mol. The molecule has 8 heteroatoms. The van der Waals surface area contributed by atoms with Crippen LogP contribution in [-0.4, -0.2) is 26.4 Å². The van der Waals surface area contributed by atoms with Gasteiger partial charge in [-0.05, 0) is 37.1 Å². The van der Waals surface area contributed by atoms with Crippen molar-refractivity contribution in [2.75, 3.05) is 17.7 Å². The molecule has 0 fully saturated rings. The molecule has 0 aromatic heterocycles. The van der Waals surface area contributed by atoms with Crippen molar-refractivity contribution in [2.24, 2.45) is 0 Å². The van der Waals surface area contributed by atoms with Gasteiger partial charge >= 0.3 is 5.51 Å². The number of alkyl halides is 4. The van der Waals surface area contributed by atoms with Crippen LogP contribution < -0.4 is 5.32 Å². The molecule has 0 bridgehead atoms. The van der Waals surface area contributed by atoms with Crippen molar-refractivity contribution in [1.29, 1.82) is 0 Å². The summed E-state index contributed by atoms with van der Waals surface area (Å²) in [6.45, 7) is 0.655. The van der Waals surface area contributed by atoms with E-state index >= 15 is 0 Å². The summed E-state index contributed by atoms with van der Waals surface area (Å²) in [5.41, 5.74) is -4.69. The third-order valence-corrected chi connectivity index (χ3v) is 4.38. The third kappa shape index (κ3) is 4.56. The molecule has 0 aliphatic heterocycles. The van der Waals surface area contributed by atoms with Crippen molar-refractivity contribution in [3.05, 3.63) is 24.3 Å². The predicted octanol–water partition coefficient (Wildman–Crippen LogP) is 3.80. The number of anilines is 1. The van der Waals surface area contributed by atoms with Gasteiger partial charge in [0.1, 0.15) is 0 Å². The smallest absolute Gasteiger partial charge is 0.385 e. The summed E-state index contributed by atoms with van der Waals surface area (Å²) in [7, 11) is -5.27. The van der Waals surface area contributed by atoms with Crippen LogP contribution in [0.3, 0.4) is 0 Å². The Hall–Kier alpha value is -0.950. The summed E-state index contributed by atoms with van der Waals surface area (Å²) >= 11 is 5.53. The largest absolute Gasteiger partial charge is 0.501 e. The Labute approximate surface area is 121 Å². The molecule has 0 spiro atoms. The molecule has 0 aliphatic carbocycles. The fourth-order valence-corrected chi connectivity index (χ4v) is 2.47. The summed E-state index contributed by atoms with van der Waals surface area (Å²) in [5, 5.41) is 3.00. The quantitative estimate of drug-likeness (QED) is 0.611. The van der Waals surface area contributed by atoms with Crippen LogP contribution in [0.15, 0.2) is 29.2 Å². The normalized spacial score (nSPS) is 12.4. The summed E-state index contributed by atoms with van der Waals surface area (Å²) in [5.74, 6) is 0.601. The van der Waals surface area contributed by atoms with E-state index in [0.717, 1.165) is 31.4 Å². The standard InChI is InChI=1S/C12H15ClF3NO2S/c13-8-2-1-3-9-17-10-4-6-11(7-5-10)20(18,19)12(14,15)16/h4-7,17H,1-3,8-9H2. The van der Waals surface area contributed by atoms with Crippen molar-refractivity contribution in [2.45, 2.75) is 29.7 Å². The van der Waals surface area contributed by atoms with E-state index in [-0.39, 0.29) is 0 Å². The summed E-state index contributed by atoms with van der Waals surface area (Å²) < 4.78 is 59.3. The van der Waals surface area contributed by atoms with E-state index < -0.39 is 20.2 Å². The molecule has 3 nitrogen and oxygen atoms in total. The zero-order valence-corrected chi connectivity index (χ0v) is 12.2. The zero-order valence-electron chi connectivity index (χ0n) is 10.6. The fraction of sp³-hybridized carbons (Fsp3) is 0.500. The Morgan fingerprint density at radius 2 is 1.65 bits per heavy atom. The van der Waals surface area contributed by atoms with Gasteiger partial charge in [-0.25, -0.2) is 8.42 Å². The van der Waals surface area contributed by atoms with Crippen LogP contribution in [0, 0.1) is 0 Å². The molecule has 0 amide bonds. The minimum Gasteiger partial charge on any atom is -0.385 e.